The van der Waals surface area contributed by atoms with Gasteiger partial charge in [-0.2, -0.15) is 0 Å². The third-order valence-electron chi connectivity index (χ3n) is 6.01. The van der Waals surface area contributed by atoms with E-state index < -0.39 is 17.1 Å². The Morgan fingerprint density at radius 1 is 0.424 bits per heavy atom. The molecule has 33 heavy (non-hydrogen) atoms. The Balaban J connectivity index is 2.92. The minimum absolute atomic E-state index is 0.366. The third kappa shape index (κ3) is 10.9. The molecule has 0 fully saturated rings. The van der Waals surface area contributed by atoms with Crippen molar-refractivity contribution in [1.82, 2.24) is 13.7 Å². The van der Waals surface area contributed by atoms with Gasteiger partial charge in [0.25, 0.3) is 0 Å². The predicted molar refractivity (Wildman–Crippen MR) is 139 cm³/mol. The lowest BCUT2D eigenvalue weighted by atomic mass is 10.1. The molecule has 0 aliphatic carbocycles. The second-order valence-electron chi connectivity index (χ2n) is 8.78. The summed E-state index contributed by atoms with van der Waals surface area (Å²) >= 11 is 0. The highest BCUT2D eigenvalue weighted by atomic mass is 16.2. The quantitative estimate of drug-likeness (QED) is 0.178. The largest absolute Gasteiger partial charge is 0.336 e. The molecular weight excluding hydrogens is 414 g/mol. The van der Waals surface area contributed by atoms with Crippen molar-refractivity contribution in [3.05, 3.63) is 69.4 Å². The van der Waals surface area contributed by atoms with Crippen LogP contribution < -0.4 is 17.1 Å². The van der Waals surface area contributed by atoms with Crippen LogP contribution in [0.15, 0.2) is 52.3 Å². The van der Waals surface area contributed by atoms with Gasteiger partial charge in [-0.25, -0.2) is 28.1 Å². The maximum Gasteiger partial charge on any atom is 0.336 e. The molecule has 0 aliphatic heterocycles. The fraction of sp³-hybridized carbons (Fsp3) is 0.667. The Bertz CT molecular complexity index is 732. The van der Waals surface area contributed by atoms with Gasteiger partial charge in [-0.15, -0.1) is 19.7 Å². The van der Waals surface area contributed by atoms with E-state index in [1.54, 1.807) is 0 Å². The number of allylic oxidation sites excluding steroid dienone is 3. The van der Waals surface area contributed by atoms with Crippen LogP contribution >= 0.6 is 0 Å². The van der Waals surface area contributed by atoms with E-state index in [4.69, 9.17) is 0 Å². The van der Waals surface area contributed by atoms with Crippen LogP contribution in [-0.4, -0.2) is 13.7 Å². The Kier molecular flexibility index (Phi) is 15.7. The second-order valence-corrected chi connectivity index (χ2v) is 8.78. The number of rotatable bonds is 21. The third-order valence-corrected chi connectivity index (χ3v) is 6.01. The van der Waals surface area contributed by atoms with E-state index in [1.807, 2.05) is 18.2 Å². The van der Waals surface area contributed by atoms with Crippen LogP contribution in [-0.2, 0) is 19.6 Å². The summed E-state index contributed by atoms with van der Waals surface area (Å²) in [5.74, 6) is 0. The number of nitrogens with zero attached hydrogens (tertiary/aromatic N) is 3. The molecule has 6 nitrogen and oxygen atoms in total. The van der Waals surface area contributed by atoms with Gasteiger partial charge in [-0.3, -0.25) is 0 Å². The molecule has 0 saturated heterocycles. The SMILES string of the molecule is C=CCCCCCCn1c(=O)n(CCCCCCC=C)c(=O)n(CCCCCCC=C)c1=O. The van der Waals surface area contributed by atoms with E-state index in [9.17, 15) is 14.4 Å². The molecule has 0 amide bonds. The van der Waals surface area contributed by atoms with Gasteiger partial charge in [0.05, 0.1) is 0 Å². The Labute approximate surface area is 199 Å². The molecule has 0 unspecified atom stereocenters. The number of hydrogen-bond donors (Lipinski definition) is 0. The Morgan fingerprint density at radius 3 is 0.909 bits per heavy atom. The molecule has 0 aromatic carbocycles. The van der Waals surface area contributed by atoms with Crippen molar-refractivity contribution >= 4 is 0 Å². The molecule has 1 heterocycles. The second kappa shape index (κ2) is 18.1. The van der Waals surface area contributed by atoms with E-state index in [-0.39, 0.29) is 0 Å². The molecular formula is C27H45N3O3. The summed E-state index contributed by atoms with van der Waals surface area (Å²) in [6, 6.07) is 0. The Morgan fingerprint density at radius 2 is 0.667 bits per heavy atom. The van der Waals surface area contributed by atoms with Crippen LogP contribution in [0.2, 0.25) is 0 Å². The molecule has 0 aliphatic rings. The van der Waals surface area contributed by atoms with Crippen LogP contribution in [0.5, 0.6) is 0 Å². The highest BCUT2D eigenvalue weighted by Crippen LogP contribution is 2.06. The van der Waals surface area contributed by atoms with Crippen molar-refractivity contribution in [2.24, 2.45) is 0 Å². The van der Waals surface area contributed by atoms with E-state index >= 15 is 0 Å². The number of unbranched alkanes of at least 4 members (excludes halogenated alkanes) is 12. The van der Waals surface area contributed by atoms with Crippen LogP contribution in [0.3, 0.4) is 0 Å². The summed E-state index contributed by atoms with van der Waals surface area (Å²) in [7, 11) is 0. The van der Waals surface area contributed by atoms with Crippen molar-refractivity contribution in [3.8, 4) is 0 Å². The first-order valence-corrected chi connectivity index (χ1v) is 12.9. The van der Waals surface area contributed by atoms with Crippen LogP contribution in [0.4, 0.5) is 0 Å². The van der Waals surface area contributed by atoms with Crippen LogP contribution in [0.25, 0.3) is 0 Å². The van der Waals surface area contributed by atoms with Gasteiger partial charge < -0.3 is 0 Å². The molecule has 0 atom stereocenters. The topological polar surface area (TPSA) is 66.0 Å². The first-order chi connectivity index (χ1) is 16.1. The average molecular weight is 460 g/mol. The van der Waals surface area contributed by atoms with Crippen LogP contribution in [0, 0.1) is 0 Å². The van der Waals surface area contributed by atoms with Crippen LogP contribution in [0.1, 0.15) is 96.3 Å². The van der Waals surface area contributed by atoms with Gasteiger partial charge in [0, 0.05) is 19.6 Å². The fourth-order valence-electron chi connectivity index (χ4n) is 3.99. The van der Waals surface area contributed by atoms with Crippen molar-refractivity contribution < 1.29 is 0 Å². The van der Waals surface area contributed by atoms with Gasteiger partial charge in [-0.1, -0.05) is 56.8 Å². The molecule has 0 bridgehead atoms. The lowest BCUT2D eigenvalue weighted by molar-refractivity contribution is 0.412. The van der Waals surface area contributed by atoms with Crippen molar-refractivity contribution in [1.29, 1.82) is 0 Å². The molecule has 186 valence electrons. The van der Waals surface area contributed by atoms with Gasteiger partial charge in [0.15, 0.2) is 0 Å². The van der Waals surface area contributed by atoms with Crippen molar-refractivity contribution in [2.45, 2.75) is 116 Å². The van der Waals surface area contributed by atoms with Gasteiger partial charge in [0.1, 0.15) is 0 Å². The first-order valence-electron chi connectivity index (χ1n) is 12.9. The zero-order chi connectivity index (χ0) is 24.3. The monoisotopic (exact) mass is 459 g/mol. The Hall–Kier alpha value is -2.37. The highest BCUT2D eigenvalue weighted by molar-refractivity contribution is 4.80. The molecule has 0 N–H and O–H groups in total. The minimum Gasteiger partial charge on any atom is -0.247 e. The summed E-state index contributed by atoms with van der Waals surface area (Å²) in [4.78, 5) is 39.1. The fourth-order valence-corrected chi connectivity index (χ4v) is 3.99. The maximum absolute atomic E-state index is 13.0. The minimum atomic E-state index is -0.454. The van der Waals surface area contributed by atoms with Crippen molar-refractivity contribution in [3.63, 3.8) is 0 Å². The lowest BCUT2D eigenvalue weighted by Gasteiger charge is -2.14. The summed E-state index contributed by atoms with van der Waals surface area (Å²) < 4.78 is 3.85. The number of aromatic nitrogens is 3. The standard InChI is InChI=1S/C27H45N3O3/c1-4-7-10-13-16-19-22-28-25(31)29(23-20-17-14-11-8-5-2)27(33)30(26(28)32)24-21-18-15-12-9-6-3/h4-6H,1-3,7-24H2. The number of hydrogen-bond acceptors (Lipinski definition) is 3. The first kappa shape index (κ1) is 28.7. The molecule has 0 saturated carbocycles. The highest BCUT2D eigenvalue weighted by Gasteiger charge is 2.15. The van der Waals surface area contributed by atoms with Gasteiger partial charge in [-0.05, 0) is 57.8 Å². The summed E-state index contributed by atoms with van der Waals surface area (Å²) in [6.07, 6.45) is 20.1. The maximum atomic E-state index is 13.0. The molecule has 0 spiro atoms. The molecule has 1 aromatic heterocycles. The van der Waals surface area contributed by atoms with E-state index in [1.165, 1.54) is 13.7 Å². The zero-order valence-corrected chi connectivity index (χ0v) is 20.6. The summed E-state index contributed by atoms with van der Waals surface area (Å²) in [5.41, 5.74) is -1.36. The molecule has 0 radical (unpaired) electrons. The molecule has 1 rings (SSSR count). The van der Waals surface area contributed by atoms with Gasteiger partial charge in [0.2, 0.25) is 0 Å². The summed E-state index contributed by atoms with van der Waals surface area (Å²) in [5, 5.41) is 0. The molecule has 6 heteroatoms. The van der Waals surface area contributed by atoms with Gasteiger partial charge >= 0.3 is 17.1 Å². The molecule has 1 aromatic rings. The van der Waals surface area contributed by atoms with Crippen molar-refractivity contribution in [2.75, 3.05) is 0 Å². The van der Waals surface area contributed by atoms with E-state index in [0.717, 1.165) is 96.3 Å². The predicted octanol–water partition coefficient (Wildman–Crippen LogP) is 5.58. The lowest BCUT2D eigenvalue weighted by Crippen LogP contribution is -2.54. The normalized spacial score (nSPS) is 10.9. The van der Waals surface area contributed by atoms with E-state index in [2.05, 4.69) is 19.7 Å². The average Bonchev–Trinajstić information content (AvgIpc) is 2.81. The smallest absolute Gasteiger partial charge is 0.247 e. The zero-order valence-electron chi connectivity index (χ0n) is 20.6. The van der Waals surface area contributed by atoms with E-state index in [0.29, 0.717) is 19.6 Å². The summed E-state index contributed by atoms with van der Waals surface area (Å²) in [6.45, 7) is 12.3.